The lowest BCUT2D eigenvalue weighted by molar-refractivity contribution is -0.116. The quantitative estimate of drug-likeness (QED) is 0.763. The molecule has 4 N–H and O–H groups in total. The van der Waals surface area contributed by atoms with Crippen molar-refractivity contribution in [3.8, 4) is 0 Å². The monoisotopic (exact) mass is 325 g/mol. The standard InChI is InChI=1S/C19H23N3O2/c1-3-14-7-8-16(12-17(14)22-18(23)9-10-20)21-19(24)15-6-4-5-13(2)11-15/h4-8,11-12H,3,9-10,20H2,1-2H3,(H,21,24)(H,22,23). The first kappa shape index (κ1) is 17.7. The van der Waals surface area contributed by atoms with Crippen LogP contribution in [-0.2, 0) is 11.2 Å². The van der Waals surface area contributed by atoms with Gasteiger partial charge in [0.05, 0.1) is 0 Å². The number of hydrogen-bond donors (Lipinski definition) is 3. The van der Waals surface area contributed by atoms with Gasteiger partial charge in [-0.25, -0.2) is 0 Å². The highest BCUT2D eigenvalue weighted by Gasteiger charge is 2.10. The summed E-state index contributed by atoms with van der Waals surface area (Å²) in [6.45, 7) is 4.26. The lowest BCUT2D eigenvalue weighted by Gasteiger charge is -2.13. The molecule has 2 rings (SSSR count). The number of benzene rings is 2. The number of rotatable bonds is 6. The van der Waals surface area contributed by atoms with Crippen LogP contribution in [0.5, 0.6) is 0 Å². The first-order chi connectivity index (χ1) is 11.5. The van der Waals surface area contributed by atoms with Crippen LogP contribution in [-0.4, -0.2) is 18.4 Å². The topological polar surface area (TPSA) is 84.2 Å². The van der Waals surface area contributed by atoms with Gasteiger partial charge in [-0.05, 0) is 43.2 Å². The molecule has 0 aliphatic heterocycles. The zero-order valence-electron chi connectivity index (χ0n) is 14.1. The van der Waals surface area contributed by atoms with E-state index in [-0.39, 0.29) is 18.2 Å². The summed E-state index contributed by atoms with van der Waals surface area (Å²) in [6, 6.07) is 12.9. The number of carbonyl (C=O) groups excluding carboxylic acids is 2. The van der Waals surface area contributed by atoms with Crippen LogP contribution in [0.25, 0.3) is 0 Å². The lowest BCUT2D eigenvalue weighted by atomic mass is 10.1. The van der Waals surface area contributed by atoms with Crippen LogP contribution in [0.4, 0.5) is 11.4 Å². The van der Waals surface area contributed by atoms with Gasteiger partial charge < -0.3 is 16.4 Å². The maximum absolute atomic E-state index is 12.3. The second kappa shape index (κ2) is 8.26. The zero-order valence-corrected chi connectivity index (χ0v) is 14.1. The van der Waals surface area contributed by atoms with Crippen molar-refractivity contribution >= 4 is 23.2 Å². The molecule has 5 nitrogen and oxygen atoms in total. The molecule has 0 bridgehead atoms. The van der Waals surface area contributed by atoms with Crippen molar-refractivity contribution < 1.29 is 9.59 Å². The third kappa shape index (κ3) is 4.67. The number of anilines is 2. The summed E-state index contributed by atoms with van der Waals surface area (Å²) < 4.78 is 0. The van der Waals surface area contributed by atoms with Gasteiger partial charge >= 0.3 is 0 Å². The van der Waals surface area contributed by atoms with Crippen LogP contribution < -0.4 is 16.4 Å². The summed E-state index contributed by atoms with van der Waals surface area (Å²) in [5, 5.41) is 5.72. The number of amides is 2. The number of aryl methyl sites for hydroxylation is 2. The van der Waals surface area contributed by atoms with Crippen molar-refractivity contribution in [2.45, 2.75) is 26.7 Å². The summed E-state index contributed by atoms with van der Waals surface area (Å²) in [4.78, 5) is 24.1. The molecule has 0 heterocycles. The van der Waals surface area contributed by atoms with Crippen molar-refractivity contribution in [1.29, 1.82) is 0 Å². The average Bonchev–Trinajstić information content (AvgIpc) is 2.55. The summed E-state index contributed by atoms with van der Waals surface area (Å²) in [6.07, 6.45) is 1.05. The lowest BCUT2D eigenvalue weighted by Crippen LogP contribution is -2.17. The predicted molar refractivity (Wildman–Crippen MR) is 97.3 cm³/mol. The Morgan fingerprint density at radius 3 is 2.54 bits per heavy atom. The number of nitrogens with two attached hydrogens (primary N) is 1. The van der Waals surface area contributed by atoms with Crippen LogP contribution in [0.2, 0.25) is 0 Å². The predicted octanol–water partition coefficient (Wildman–Crippen LogP) is 3.10. The Labute approximate surface area is 142 Å². The first-order valence-corrected chi connectivity index (χ1v) is 8.04. The third-order valence-corrected chi connectivity index (χ3v) is 3.67. The number of nitrogens with one attached hydrogen (secondary N) is 2. The Hall–Kier alpha value is -2.66. The normalized spacial score (nSPS) is 10.3. The van der Waals surface area contributed by atoms with Gasteiger partial charge in [-0.2, -0.15) is 0 Å². The van der Waals surface area contributed by atoms with Crippen LogP contribution in [0.1, 0.15) is 34.8 Å². The Morgan fingerprint density at radius 1 is 1.08 bits per heavy atom. The third-order valence-electron chi connectivity index (χ3n) is 3.67. The molecular formula is C19H23N3O2. The van der Waals surface area contributed by atoms with Gasteiger partial charge in [0, 0.05) is 29.9 Å². The molecule has 0 aromatic heterocycles. The van der Waals surface area contributed by atoms with E-state index < -0.39 is 0 Å². The fourth-order valence-electron chi connectivity index (χ4n) is 2.41. The average molecular weight is 325 g/mol. The minimum Gasteiger partial charge on any atom is -0.330 e. The van der Waals surface area contributed by atoms with E-state index in [0.717, 1.165) is 17.5 Å². The Bertz CT molecular complexity index is 741. The second-order valence-electron chi connectivity index (χ2n) is 5.64. The van der Waals surface area contributed by atoms with Gasteiger partial charge in [-0.15, -0.1) is 0 Å². The molecule has 0 radical (unpaired) electrons. The molecule has 5 heteroatoms. The number of carbonyl (C=O) groups is 2. The van der Waals surface area contributed by atoms with E-state index in [9.17, 15) is 9.59 Å². The molecule has 0 spiro atoms. The minimum atomic E-state index is -0.179. The molecule has 0 aliphatic rings. The van der Waals surface area contributed by atoms with E-state index in [1.54, 1.807) is 12.1 Å². The summed E-state index contributed by atoms with van der Waals surface area (Å²) >= 11 is 0. The molecule has 0 fully saturated rings. The highest BCUT2D eigenvalue weighted by atomic mass is 16.2. The zero-order chi connectivity index (χ0) is 17.5. The van der Waals surface area contributed by atoms with Crippen LogP contribution in [0, 0.1) is 6.92 Å². The number of hydrogen-bond acceptors (Lipinski definition) is 3. The van der Waals surface area contributed by atoms with E-state index in [1.165, 1.54) is 0 Å². The van der Waals surface area contributed by atoms with Gasteiger partial charge in [-0.1, -0.05) is 30.7 Å². The van der Waals surface area contributed by atoms with Crippen LogP contribution >= 0.6 is 0 Å². The summed E-state index contributed by atoms with van der Waals surface area (Å²) in [5.41, 5.74) is 9.39. The Balaban J connectivity index is 2.18. The maximum atomic E-state index is 12.3. The highest BCUT2D eigenvalue weighted by Crippen LogP contribution is 2.22. The highest BCUT2D eigenvalue weighted by molar-refractivity contribution is 6.05. The first-order valence-electron chi connectivity index (χ1n) is 8.04. The van der Waals surface area contributed by atoms with Gasteiger partial charge in [0.15, 0.2) is 0 Å². The van der Waals surface area contributed by atoms with E-state index in [4.69, 9.17) is 5.73 Å². The second-order valence-corrected chi connectivity index (χ2v) is 5.64. The fourth-order valence-corrected chi connectivity index (χ4v) is 2.41. The van der Waals surface area contributed by atoms with Crippen LogP contribution in [0.15, 0.2) is 42.5 Å². The minimum absolute atomic E-state index is 0.130. The summed E-state index contributed by atoms with van der Waals surface area (Å²) in [7, 11) is 0. The molecule has 0 atom stereocenters. The van der Waals surface area contributed by atoms with Crippen molar-refractivity contribution in [1.82, 2.24) is 0 Å². The smallest absolute Gasteiger partial charge is 0.255 e. The Morgan fingerprint density at radius 2 is 1.88 bits per heavy atom. The SMILES string of the molecule is CCc1ccc(NC(=O)c2cccc(C)c2)cc1NC(=O)CCN. The summed E-state index contributed by atoms with van der Waals surface area (Å²) in [5.74, 6) is -0.309. The van der Waals surface area contributed by atoms with Gasteiger partial charge in [0.2, 0.25) is 5.91 Å². The Kier molecular flexibility index (Phi) is 6.09. The van der Waals surface area contributed by atoms with E-state index in [0.29, 0.717) is 23.5 Å². The van der Waals surface area contributed by atoms with Gasteiger partial charge in [0.25, 0.3) is 5.91 Å². The van der Waals surface area contributed by atoms with Crippen molar-refractivity contribution in [3.63, 3.8) is 0 Å². The molecule has 0 unspecified atom stereocenters. The molecule has 0 saturated carbocycles. The van der Waals surface area contributed by atoms with Crippen molar-refractivity contribution in [2.75, 3.05) is 17.2 Å². The van der Waals surface area contributed by atoms with Crippen LogP contribution in [0.3, 0.4) is 0 Å². The van der Waals surface area contributed by atoms with E-state index in [2.05, 4.69) is 10.6 Å². The molecule has 24 heavy (non-hydrogen) atoms. The van der Waals surface area contributed by atoms with Crippen molar-refractivity contribution in [2.24, 2.45) is 5.73 Å². The maximum Gasteiger partial charge on any atom is 0.255 e. The molecule has 2 amide bonds. The molecule has 126 valence electrons. The largest absolute Gasteiger partial charge is 0.330 e. The molecule has 0 saturated heterocycles. The van der Waals surface area contributed by atoms with Gasteiger partial charge in [0.1, 0.15) is 0 Å². The molecule has 2 aromatic carbocycles. The van der Waals surface area contributed by atoms with E-state index in [1.807, 2.05) is 44.2 Å². The van der Waals surface area contributed by atoms with E-state index >= 15 is 0 Å². The van der Waals surface area contributed by atoms with Gasteiger partial charge in [-0.3, -0.25) is 9.59 Å². The van der Waals surface area contributed by atoms with Crippen molar-refractivity contribution in [3.05, 3.63) is 59.2 Å². The molecule has 2 aromatic rings. The molecule has 0 aliphatic carbocycles. The fraction of sp³-hybridized carbons (Fsp3) is 0.263. The molecular weight excluding hydrogens is 302 g/mol.